The number of carbonyl (C=O) groups is 1. The van der Waals surface area contributed by atoms with Crippen molar-refractivity contribution in [3.8, 4) is 5.75 Å². The zero-order valence-corrected chi connectivity index (χ0v) is 14.0. The van der Waals surface area contributed by atoms with Crippen molar-refractivity contribution in [2.75, 3.05) is 45.1 Å². The van der Waals surface area contributed by atoms with Gasteiger partial charge in [0, 0.05) is 5.56 Å². The summed E-state index contributed by atoms with van der Waals surface area (Å²) in [4.78, 5) is 14.5. The number of nitrogen functional groups attached to an aromatic ring is 1. The van der Waals surface area contributed by atoms with Crippen LogP contribution in [0.4, 0.5) is 5.69 Å². The average Bonchev–Trinajstić information content (AvgIpc) is 2.52. The highest BCUT2D eigenvalue weighted by molar-refractivity contribution is 5.98. The molecule has 0 spiro atoms. The summed E-state index contributed by atoms with van der Waals surface area (Å²) in [5.74, 6) is 0.684. The molecule has 0 saturated carbocycles. The fourth-order valence-electron chi connectivity index (χ4n) is 2.28. The van der Waals surface area contributed by atoms with Crippen LogP contribution in [0.2, 0.25) is 0 Å². The van der Waals surface area contributed by atoms with Gasteiger partial charge >= 0.3 is 0 Å². The van der Waals surface area contributed by atoms with Crippen LogP contribution in [0.25, 0.3) is 0 Å². The number of Topliss-reactive ketones (excluding diaryl/α,β-unsaturated/α-hetero) is 1. The summed E-state index contributed by atoms with van der Waals surface area (Å²) in [6.45, 7) is 11.2. The number of carbonyl (C=O) groups excluding carboxylic acids is 1. The molecule has 0 heterocycles. The first-order valence-electron chi connectivity index (χ1n) is 8.10. The summed E-state index contributed by atoms with van der Waals surface area (Å²) in [6, 6.07) is 5.21. The lowest BCUT2D eigenvalue weighted by atomic mass is 10.1. The molecule has 1 aromatic rings. The second kappa shape index (κ2) is 10.2. The third kappa shape index (κ3) is 6.03. The molecule has 5 heteroatoms. The van der Waals surface area contributed by atoms with Gasteiger partial charge in [-0.05, 0) is 57.7 Å². The Morgan fingerprint density at radius 1 is 1.27 bits per heavy atom. The molecule has 0 aliphatic carbocycles. The first kappa shape index (κ1) is 18.5. The van der Waals surface area contributed by atoms with Crippen molar-refractivity contribution in [1.82, 2.24) is 10.2 Å². The lowest BCUT2D eigenvalue weighted by Crippen LogP contribution is -2.29. The number of nitrogens with zero attached hydrogens (tertiary/aromatic N) is 1. The molecule has 1 aromatic carbocycles. The van der Waals surface area contributed by atoms with Crippen LogP contribution in [0.5, 0.6) is 5.75 Å². The fraction of sp³-hybridized carbons (Fsp3) is 0.588. The molecule has 0 amide bonds. The molecule has 1 rings (SSSR count). The van der Waals surface area contributed by atoms with Gasteiger partial charge in [0.1, 0.15) is 5.75 Å². The highest BCUT2D eigenvalue weighted by atomic mass is 16.5. The molecule has 0 atom stereocenters. The summed E-state index contributed by atoms with van der Waals surface area (Å²) >= 11 is 0. The molecule has 5 nitrogen and oxygen atoms in total. The molecule has 0 aliphatic heterocycles. The Morgan fingerprint density at radius 3 is 2.59 bits per heavy atom. The molecule has 0 aromatic heterocycles. The molecule has 22 heavy (non-hydrogen) atoms. The van der Waals surface area contributed by atoms with Gasteiger partial charge in [-0.1, -0.05) is 13.8 Å². The predicted molar refractivity (Wildman–Crippen MR) is 91.6 cm³/mol. The molecule has 0 unspecified atom stereocenters. The maximum Gasteiger partial charge on any atom is 0.176 e. The van der Waals surface area contributed by atoms with E-state index in [9.17, 15) is 4.79 Å². The Hall–Kier alpha value is -1.59. The van der Waals surface area contributed by atoms with Crippen LogP contribution in [-0.4, -0.2) is 50.0 Å². The van der Waals surface area contributed by atoms with Crippen LogP contribution in [0.3, 0.4) is 0 Å². The Morgan fingerprint density at radius 2 is 2.00 bits per heavy atom. The fourth-order valence-corrected chi connectivity index (χ4v) is 2.28. The second-order valence-corrected chi connectivity index (χ2v) is 5.17. The summed E-state index contributed by atoms with van der Waals surface area (Å²) in [6.07, 6.45) is 1.04. The Bertz CT molecular complexity index is 459. The van der Waals surface area contributed by atoms with Gasteiger partial charge in [0.15, 0.2) is 5.78 Å². The van der Waals surface area contributed by atoms with Crippen LogP contribution < -0.4 is 15.8 Å². The van der Waals surface area contributed by atoms with Crippen molar-refractivity contribution in [3.05, 3.63) is 23.8 Å². The van der Waals surface area contributed by atoms with Gasteiger partial charge in [-0.2, -0.15) is 0 Å². The van der Waals surface area contributed by atoms with E-state index < -0.39 is 0 Å². The topological polar surface area (TPSA) is 67.6 Å². The van der Waals surface area contributed by atoms with Gasteiger partial charge < -0.3 is 20.7 Å². The van der Waals surface area contributed by atoms with E-state index in [1.807, 2.05) is 6.92 Å². The maximum atomic E-state index is 12.1. The zero-order valence-electron chi connectivity index (χ0n) is 14.0. The monoisotopic (exact) mass is 307 g/mol. The van der Waals surface area contributed by atoms with E-state index in [1.54, 1.807) is 18.2 Å². The normalized spacial score (nSPS) is 10.9. The molecule has 0 radical (unpaired) electrons. The minimum atomic E-state index is 0.0533. The number of benzene rings is 1. The summed E-state index contributed by atoms with van der Waals surface area (Å²) in [5.41, 5.74) is 7.01. The SMILES string of the molecule is CCOc1ccc(C(=O)CNCCCN(CC)CC)cc1N. The van der Waals surface area contributed by atoms with Crippen molar-refractivity contribution in [2.45, 2.75) is 27.2 Å². The first-order valence-corrected chi connectivity index (χ1v) is 8.10. The van der Waals surface area contributed by atoms with Gasteiger partial charge in [0.2, 0.25) is 0 Å². The standard InChI is InChI=1S/C17H29N3O2/c1-4-20(5-2)11-7-10-19-13-16(21)14-8-9-17(22-6-3)15(18)12-14/h8-9,12,19H,4-7,10-11,13,18H2,1-3H3. The van der Waals surface area contributed by atoms with E-state index in [0.717, 1.165) is 32.6 Å². The third-order valence-corrected chi connectivity index (χ3v) is 3.64. The van der Waals surface area contributed by atoms with Gasteiger partial charge in [-0.15, -0.1) is 0 Å². The Kier molecular flexibility index (Phi) is 8.55. The maximum absolute atomic E-state index is 12.1. The second-order valence-electron chi connectivity index (χ2n) is 5.17. The first-order chi connectivity index (χ1) is 10.6. The van der Waals surface area contributed by atoms with Crippen molar-refractivity contribution < 1.29 is 9.53 Å². The smallest absolute Gasteiger partial charge is 0.176 e. The van der Waals surface area contributed by atoms with Crippen LogP contribution in [0, 0.1) is 0 Å². The largest absolute Gasteiger partial charge is 0.492 e. The summed E-state index contributed by atoms with van der Waals surface area (Å²) < 4.78 is 5.37. The number of rotatable bonds is 11. The van der Waals surface area contributed by atoms with E-state index in [4.69, 9.17) is 10.5 Å². The van der Waals surface area contributed by atoms with E-state index >= 15 is 0 Å². The Balaban J connectivity index is 2.35. The molecule has 0 saturated heterocycles. The van der Waals surface area contributed by atoms with E-state index in [2.05, 4.69) is 24.1 Å². The number of hydrogen-bond donors (Lipinski definition) is 2. The third-order valence-electron chi connectivity index (χ3n) is 3.64. The van der Waals surface area contributed by atoms with Gasteiger partial charge in [0.05, 0.1) is 18.8 Å². The number of nitrogens with two attached hydrogens (primary N) is 1. The lowest BCUT2D eigenvalue weighted by Gasteiger charge is -2.17. The van der Waals surface area contributed by atoms with Crippen LogP contribution >= 0.6 is 0 Å². The van der Waals surface area contributed by atoms with Gasteiger partial charge in [-0.3, -0.25) is 4.79 Å². The molecule has 3 N–H and O–H groups in total. The van der Waals surface area contributed by atoms with Gasteiger partial charge in [-0.25, -0.2) is 0 Å². The van der Waals surface area contributed by atoms with Gasteiger partial charge in [0.25, 0.3) is 0 Å². The number of hydrogen-bond acceptors (Lipinski definition) is 5. The number of nitrogens with one attached hydrogen (secondary N) is 1. The molecular formula is C17H29N3O2. The number of anilines is 1. The van der Waals surface area contributed by atoms with Crippen LogP contribution in [-0.2, 0) is 0 Å². The molecule has 0 fully saturated rings. The number of ketones is 1. The van der Waals surface area contributed by atoms with Crippen molar-refractivity contribution >= 4 is 11.5 Å². The van der Waals surface area contributed by atoms with Crippen LogP contribution in [0.1, 0.15) is 37.6 Å². The predicted octanol–water partition coefficient (Wildman–Crippen LogP) is 2.17. The summed E-state index contributed by atoms with van der Waals surface area (Å²) in [7, 11) is 0. The highest BCUT2D eigenvalue weighted by Gasteiger charge is 2.08. The highest BCUT2D eigenvalue weighted by Crippen LogP contribution is 2.22. The van der Waals surface area contributed by atoms with Crippen LogP contribution in [0.15, 0.2) is 18.2 Å². The molecule has 124 valence electrons. The Labute approximate surface area is 133 Å². The van der Waals surface area contributed by atoms with Crippen molar-refractivity contribution in [2.24, 2.45) is 0 Å². The molecular weight excluding hydrogens is 278 g/mol. The zero-order chi connectivity index (χ0) is 16.4. The minimum absolute atomic E-state index is 0.0533. The minimum Gasteiger partial charge on any atom is -0.492 e. The number of ether oxygens (including phenoxy) is 1. The van der Waals surface area contributed by atoms with E-state index in [1.165, 1.54) is 0 Å². The van der Waals surface area contributed by atoms with Crippen molar-refractivity contribution in [1.29, 1.82) is 0 Å². The molecule has 0 aliphatic rings. The lowest BCUT2D eigenvalue weighted by molar-refractivity contribution is 0.0991. The van der Waals surface area contributed by atoms with E-state index in [0.29, 0.717) is 30.2 Å². The summed E-state index contributed by atoms with van der Waals surface area (Å²) in [5, 5.41) is 3.20. The quantitative estimate of drug-likeness (QED) is 0.372. The molecule has 0 bridgehead atoms. The van der Waals surface area contributed by atoms with E-state index in [-0.39, 0.29) is 5.78 Å². The van der Waals surface area contributed by atoms with Crippen molar-refractivity contribution in [3.63, 3.8) is 0 Å². The average molecular weight is 307 g/mol.